The highest BCUT2D eigenvalue weighted by Crippen LogP contribution is 2.32. The molecule has 2 fully saturated rings. The lowest BCUT2D eigenvalue weighted by atomic mass is 10.0. The summed E-state index contributed by atoms with van der Waals surface area (Å²) in [5.74, 6) is -0.0341. The van der Waals surface area contributed by atoms with E-state index in [1.54, 1.807) is 11.0 Å². The van der Waals surface area contributed by atoms with Crippen molar-refractivity contribution in [1.29, 1.82) is 0 Å². The summed E-state index contributed by atoms with van der Waals surface area (Å²) in [6.07, 6.45) is 4.13. The van der Waals surface area contributed by atoms with Crippen molar-refractivity contribution in [1.82, 2.24) is 15.1 Å². The SMILES string of the molecule is CCN(C)[C@@H]1CCC[C@@H]1Oc1ccc2c(c1)CN(C1CCC(=O)NC1=O)C2=O. The topological polar surface area (TPSA) is 79.0 Å². The van der Waals surface area contributed by atoms with Crippen LogP contribution in [0.2, 0.25) is 0 Å². The number of piperidine rings is 1. The first kappa shape index (κ1) is 18.9. The van der Waals surface area contributed by atoms with Gasteiger partial charge in [-0.25, -0.2) is 0 Å². The molecule has 1 aromatic rings. The number of imide groups is 1. The van der Waals surface area contributed by atoms with Gasteiger partial charge in [0.15, 0.2) is 0 Å². The third-order valence-electron chi connectivity index (χ3n) is 6.27. The summed E-state index contributed by atoms with van der Waals surface area (Å²) < 4.78 is 6.29. The van der Waals surface area contributed by atoms with E-state index in [9.17, 15) is 14.4 Å². The molecule has 1 aliphatic carbocycles. The molecule has 4 rings (SSSR count). The van der Waals surface area contributed by atoms with Crippen LogP contribution in [0.1, 0.15) is 54.9 Å². The van der Waals surface area contributed by atoms with Crippen LogP contribution in [-0.2, 0) is 16.1 Å². The van der Waals surface area contributed by atoms with Gasteiger partial charge in [0.2, 0.25) is 11.8 Å². The van der Waals surface area contributed by atoms with Crippen molar-refractivity contribution in [2.75, 3.05) is 13.6 Å². The van der Waals surface area contributed by atoms with Crippen molar-refractivity contribution in [2.45, 2.75) is 63.8 Å². The second kappa shape index (κ2) is 7.54. The van der Waals surface area contributed by atoms with E-state index in [2.05, 4.69) is 24.2 Å². The zero-order valence-electron chi connectivity index (χ0n) is 16.4. The molecule has 1 saturated heterocycles. The smallest absolute Gasteiger partial charge is 0.255 e. The lowest BCUT2D eigenvalue weighted by Crippen LogP contribution is -2.52. The maximum absolute atomic E-state index is 12.8. The first-order valence-electron chi connectivity index (χ1n) is 10.1. The van der Waals surface area contributed by atoms with Crippen LogP contribution >= 0.6 is 0 Å². The molecule has 2 heterocycles. The first-order chi connectivity index (χ1) is 13.5. The first-order valence-corrected chi connectivity index (χ1v) is 10.1. The minimum absolute atomic E-state index is 0.152. The highest BCUT2D eigenvalue weighted by molar-refractivity contribution is 6.05. The molecular weight excluding hydrogens is 358 g/mol. The van der Waals surface area contributed by atoms with E-state index in [0.29, 0.717) is 24.6 Å². The molecule has 7 heteroatoms. The monoisotopic (exact) mass is 385 g/mol. The molecule has 3 atom stereocenters. The van der Waals surface area contributed by atoms with Crippen LogP contribution in [0.3, 0.4) is 0 Å². The van der Waals surface area contributed by atoms with Gasteiger partial charge in [-0.15, -0.1) is 0 Å². The van der Waals surface area contributed by atoms with Crippen molar-refractivity contribution in [2.24, 2.45) is 0 Å². The number of nitrogens with zero attached hydrogens (tertiary/aromatic N) is 2. The number of rotatable bonds is 5. The molecule has 0 spiro atoms. The van der Waals surface area contributed by atoms with Gasteiger partial charge in [0.25, 0.3) is 5.91 Å². The Hall–Kier alpha value is -2.41. The van der Waals surface area contributed by atoms with E-state index in [4.69, 9.17) is 4.74 Å². The van der Waals surface area contributed by atoms with Gasteiger partial charge in [0.05, 0.1) is 0 Å². The van der Waals surface area contributed by atoms with Gasteiger partial charge in [-0.3, -0.25) is 19.7 Å². The van der Waals surface area contributed by atoms with Crippen molar-refractivity contribution in [3.63, 3.8) is 0 Å². The lowest BCUT2D eigenvalue weighted by molar-refractivity contribution is -0.136. The zero-order chi connectivity index (χ0) is 19.8. The molecule has 0 bridgehead atoms. The second-order valence-electron chi connectivity index (χ2n) is 7.95. The predicted octanol–water partition coefficient (Wildman–Crippen LogP) is 1.70. The van der Waals surface area contributed by atoms with Gasteiger partial charge in [0, 0.05) is 24.6 Å². The number of hydrogen-bond donors (Lipinski definition) is 1. The minimum atomic E-state index is -0.584. The number of benzene rings is 1. The molecule has 1 saturated carbocycles. The highest BCUT2D eigenvalue weighted by atomic mass is 16.5. The Bertz CT molecular complexity index is 809. The average molecular weight is 385 g/mol. The van der Waals surface area contributed by atoms with Gasteiger partial charge in [-0.05, 0) is 63.0 Å². The fourth-order valence-corrected chi connectivity index (χ4v) is 4.58. The Balaban J connectivity index is 1.48. The van der Waals surface area contributed by atoms with Gasteiger partial charge >= 0.3 is 0 Å². The number of ether oxygens (including phenoxy) is 1. The fraction of sp³-hybridized carbons (Fsp3) is 0.571. The van der Waals surface area contributed by atoms with Crippen LogP contribution in [0.25, 0.3) is 0 Å². The minimum Gasteiger partial charge on any atom is -0.489 e. The van der Waals surface area contributed by atoms with Crippen LogP contribution in [0.4, 0.5) is 0 Å². The number of fused-ring (bicyclic) bond motifs is 1. The molecule has 7 nitrogen and oxygen atoms in total. The van der Waals surface area contributed by atoms with Crippen LogP contribution in [0.5, 0.6) is 5.75 Å². The van der Waals surface area contributed by atoms with Crippen LogP contribution in [0.15, 0.2) is 18.2 Å². The zero-order valence-corrected chi connectivity index (χ0v) is 16.4. The molecule has 1 aromatic carbocycles. The van der Waals surface area contributed by atoms with Crippen LogP contribution in [-0.4, -0.2) is 59.3 Å². The molecule has 3 aliphatic rings. The largest absolute Gasteiger partial charge is 0.489 e. The van der Waals surface area contributed by atoms with Crippen molar-refractivity contribution < 1.29 is 19.1 Å². The number of carbonyl (C=O) groups is 3. The van der Waals surface area contributed by atoms with E-state index in [0.717, 1.165) is 37.1 Å². The Morgan fingerprint density at radius 3 is 2.79 bits per heavy atom. The summed E-state index contributed by atoms with van der Waals surface area (Å²) in [6.45, 7) is 3.52. The maximum atomic E-state index is 12.8. The second-order valence-corrected chi connectivity index (χ2v) is 7.95. The average Bonchev–Trinajstić information content (AvgIpc) is 3.26. The Morgan fingerprint density at radius 1 is 1.21 bits per heavy atom. The van der Waals surface area contributed by atoms with E-state index >= 15 is 0 Å². The molecule has 0 aromatic heterocycles. The third kappa shape index (κ3) is 3.39. The third-order valence-corrected chi connectivity index (χ3v) is 6.27. The normalized spacial score (nSPS) is 27.3. The molecule has 2 aliphatic heterocycles. The molecular formula is C21H27N3O4. The van der Waals surface area contributed by atoms with Crippen molar-refractivity contribution in [3.05, 3.63) is 29.3 Å². The molecule has 1 N–H and O–H groups in total. The number of likely N-dealkylation sites (N-methyl/N-ethyl adjacent to an activating group) is 1. The summed E-state index contributed by atoms with van der Waals surface area (Å²) in [4.78, 5) is 40.2. The number of carbonyl (C=O) groups excluding carboxylic acids is 3. The number of amides is 3. The van der Waals surface area contributed by atoms with Crippen molar-refractivity contribution in [3.8, 4) is 5.75 Å². The molecule has 28 heavy (non-hydrogen) atoms. The molecule has 0 radical (unpaired) electrons. The Labute approximate surface area is 165 Å². The van der Waals surface area contributed by atoms with Crippen molar-refractivity contribution >= 4 is 17.7 Å². The standard InChI is InChI=1S/C21H27N3O4/c1-3-23(2)16-5-4-6-18(16)28-14-7-8-15-13(11-14)12-24(21(15)27)17-9-10-19(25)22-20(17)26/h7-8,11,16-18H,3-6,9-10,12H2,1-2H3,(H,22,25,26)/t16-,17?,18+/m1/s1. The van der Waals surface area contributed by atoms with Gasteiger partial charge in [-0.1, -0.05) is 6.92 Å². The van der Waals surface area contributed by atoms with Crippen LogP contribution in [0, 0.1) is 0 Å². The molecule has 150 valence electrons. The Morgan fingerprint density at radius 2 is 2.04 bits per heavy atom. The predicted molar refractivity (Wildman–Crippen MR) is 103 cm³/mol. The van der Waals surface area contributed by atoms with E-state index < -0.39 is 6.04 Å². The summed E-state index contributed by atoms with van der Waals surface area (Å²) in [5, 5.41) is 2.33. The number of hydrogen-bond acceptors (Lipinski definition) is 5. The van der Waals surface area contributed by atoms with E-state index in [1.165, 1.54) is 0 Å². The van der Waals surface area contributed by atoms with Gasteiger partial charge in [0.1, 0.15) is 17.9 Å². The summed E-state index contributed by atoms with van der Waals surface area (Å²) in [7, 11) is 2.13. The van der Waals surface area contributed by atoms with E-state index in [-0.39, 0.29) is 30.2 Å². The molecule has 1 unspecified atom stereocenters. The highest BCUT2D eigenvalue weighted by Gasteiger charge is 2.39. The van der Waals surface area contributed by atoms with Gasteiger partial charge in [-0.2, -0.15) is 0 Å². The quantitative estimate of drug-likeness (QED) is 0.781. The summed E-state index contributed by atoms with van der Waals surface area (Å²) in [6, 6.07) is 5.41. The summed E-state index contributed by atoms with van der Waals surface area (Å²) >= 11 is 0. The Kier molecular flexibility index (Phi) is 5.10. The van der Waals surface area contributed by atoms with E-state index in [1.807, 2.05) is 12.1 Å². The maximum Gasteiger partial charge on any atom is 0.255 e. The summed E-state index contributed by atoms with van der Waals surface area (Å²) in [5.41, 5.74) is 1.50. The number of nitrogens with one attached hydrogen (secondary N) is 1. The lowest BCUT2D eigenvalue weighted by Gasteiger charge is -2.29. The fourth-order valence-electron chi connectivity index (χ4n) is 4.58. The molecule has 3 amide bonds. The van der Waals surface area contributed by atoms with Crippen LogP contribution < -0.4 is 10.1 Å². The van der Waals surface area contributed by atoms with Gasteiger partial charge < -0.3 is 14.5 Å².